The maximum Gasteiger partial charge on any atom is 0.167 e. The lowest BCUT2D eigenvalue weighted by atomic mass is 9.71. The van der Waals surface area contributed by atoms with Crippen LogP contribution in [0.1, 0.15) is 54.8 Å². The lowest BCUT2D eigenvalue weighted by molar-refractivity contribution is 0.0838. The lowest BCUT2D eigenvalue weighted by Gasteiger charge is -2.33. The number of carbonyl (C=O) groups excluding carboxylic acids is 1. The number of rotatable bonds is 2. The molecule has 0 bridgehead atoms. The maximum atomic E-state index is 12.3. The largest absolute Gasteiger partial charge is 0.294 e. The van der Waals surface area contributed by atoms with Crippen LogP contribution in [0.15, 0.2) is 11.4 Å². The second kappa shape index (κ2) is 4.33. The summed E-state index contributed by atoms with van der Waals surface area (Å²) in [5.74, 6) is 0.663. The highest BCUT2D eigenvalue weighted by molar-refractivity contribution is 7.10. The first-order chi connectivity index (χ1) is 7.49. The molecule has 2 heteroatoms. The molecular weight excluding hydrogens is 216 g/mol. The Labute approximate surface area is 102 Å². The first-order valence-electron chi connectivity index (χ1n) is 6.08. The van der Waals surface area contributed by atoms with Crippen LogP contribution in [-0.4, -0.2) is 5.78 Å². The fraction of sp³-hybridized carbons (Fsp3) is 0.643. The minimum Gasteiger partial charge on any atom is -0.294 e. The lowest BCUT2D eigenvalue weighted by Crippen LogP contribution is -2.26. The van der Waals surface area contributed by atoms with Crippen molar-refractivity contribution in [2.24, 2.45) is 11.3 Å². The zero-order chi connectivity index (χ0) is 11.8. The van der Waals surface area contributed by atoms with Crippen molar-refractivity contribution in [2.75, 3.05) is 0 Å². The Morgan fingerprint density at radius 3 is 2.50 bits per heavy atom. The normalized spacial score (nSPS) is 20.9. The second-order valence-corrected chi connectivity index (χ2v) is 6.81. The van der Waals surface area contributed by atoms with Crippen LogP contribution in [0.3, 0.4) is 0 Å². The summed E-state index contributed by atoms with van der Waals surface area (Å²) in [6.07, 6.45) is 4.52. The monoisotopic (exact) mass is 236 g/mol. The first kappa shape index (κ1) is 11.8. The van der Waals surface area contributed by atoms with Crippen molar-refractivity contribution in [3.63, 3.8) is 0 Å². The number of thiophene rings is 1. The van der Waals surface area contributed by atoms with Gasteiger partial charge in [0.25, 0.3) is 0 Å². The van der Waals surface area contributed by atoms with E-state index < -0.39 is 0 Å². The summed E-state index contributed by atoms with van der Waals surface area (Å²) >= 11 is 1.68. The van der Waals surface area contributed by atoms with Gasteiger partial charge < -0.3 is 0 Å². The Bertz CT molecular complexity index is 379. The molecule has 1 fully saturated rings. The van der Waals surface area contributed by atoms with Crippen molar-refractivity contribution < 1.29 is 4.79 Å². The van der Waals surface area contributed by atoms with Gasteiger partial charge in [-0.3, -0.25) is 4.79 Å². The van der Waals surface area contributed by atoms with Crippen molar-refractivity contribution in [3.05, 3.63) is 21.9 Å². The van der Waals surface area contributed by atoms with E-state index in [4.69, 9.17) is 0 Å². The van der Waals surface area contributed by atoms with Crippen molar-refractivity contribution in [1.82, 2.24) is 0 Å². The van der Waals surface area contributed by atoms with Gasteiger partial charge in [0.05, 0.1) is 0 Å². The van der Waals surface area contributed by atoms with Gasteiger partial charge in [-0.1, -0.05) is 13.8 Å². The Hall–Kier alpha value is -0.630. The molecule has 1 aromatic heterocycles. The van der Waals surface area contributed by atoms with Crippen LogP contribution in [0.25, 0.3) is 0 Å². The summed E-state index contributed by atoms with van der Waals surface area (Å²) in [5.41, 5.74) is 1.41. The molecule has 1 aromatic rings. The van der Waals surface area contributed by atoms with E-state index in [1.165, 1.54) is 17.7 Å². The highest BCUT2D eigenvalue weighted by atomic mass is 32.1. The van der Waals surface area contributed by atoms with Crippen molar-refractivity contribution >= 4 is 17.1 Å². The van der Waals surface area contributed by atoms with Gasteiger partial charge in [0.2, 0.25) is 0 Å². The number of aryl methyl sites for hydroxylation is 1. The zero-order valence-electron chi connectivity index (χ0n) is 10.4. The molecular formula is C14H20OS. The molecule has 0 N–H and O–H groups in total. The molecule has 1 aliphatic carbocycles. The van der Waals surface area contributed by atoms with E-state index in [2.05, 4.69) is 13.8 Å². The summed E-state index contributed by atoms with van der Waals surface area (Å²) in [7, 11) is 0. The van der Waals surface area contributed by atoms with E-state index in [0.29, 0.717) is 11.2 Å². The summed E-state index contributed by atoms with van der Waals surface area (Å²) in [6, 6.07) is 1.99. The third-order valence-corrected chi connectivity index (χ3v) is 4.68. The number of ketones is 1. The SMILES string of the molecule is Cc1sccc1C(=O)C1CCC(C)(C)CC1. The molecule has 1 saturated carbocycles. The fourth-order valence-corrected chi connectivity index (χ4v) is 3.23. The van der Waals surface area contributed by atoms with Crippen molar-refractivity contribution in [3.8, 4) is 0 Å². The standard InChI is InChI=1S/C14H20OS/c1-10-12(6-9-16-10)13(15)11-4-7-14(2,3)8-5-11/h6,9,11H,4-5,7-8H2,1-3H3. The van der Waals surface area contributed by atoms with E-state index in [1.54, 1.807) is 11.3 Å². The minimum atomic E-state index is 0.279. The van der Waals surface area contributed by atoms with E-state index in [-0.39, 0.29) is 5.92 Å². The van der Waals surface area contributed by atoms with Crippen LogP contribution < -0.4 is 0 Å². The van der Waals surface area contributed by atoms with Gasteiger partial charge in [0.1, 0.15) is 0 Å². The van der Waals surface area contributed by atoms with Crippen LogP contribution in [0.5, 0.6) is 0 Å². The quantitative estimate of drug-likeness (QED) is 0.693. The molecule has 0 saturated heterocycles. The molecule has 0 aromatic carbocycles. The van der Waals surface area contributed by atoms with E-state index in [1.807, 2.05) is 18.4 Å². The molecule has 1 heterocycles. The number of carbonyl (C=O) groups is 1. The number of hydrogen-bond acceptors (Lipinski definition) is 2. The minimum absolute atomic E-state index is 0.279. The van der Waals surface area contributed by atoms with Crippen LogP contribution in [-0.2, 0) is 0 Å². The zero-order valence-corrected chi connectivity index (χ0v) is 11.2. The van der Waals surface area contributed by atoms with Gasteiger partial charge in [-0.15, -0.1) is 11.3 Å². The molecule has 1 nitrogen and oxygen atoms in total. The van der Waals surface area contributed by atoms with Crippen LogP contribution in [0, 0.1) is 18.3 Å². The Kier molecular flexibility index (Phi) is 3.20. The average Bonchev–Trinajstić information content (AvgIpc) is 2.63. The van der Waals surface area contributed by atoms with E-state index in [9.17, 15) is 4.79 Å². The number of hydrogen-bond donors (Lipinski definition) is 0. The second-order valence-electron chi connectivity index (χ2n) is 5.69. The molecule has 0 radical (unpaired) electrons. The molecule has 0 unspecified atom stereocenters. The topological polar surface area (TPSA) is 17.1 Å². The van der Waals surface area contributed by atoms with Crippen LogP contribution in [0.2, 0.25) is 0 Å². The summed E-state index contributed by atoms with van der Waals surface area (Å²) < 4.78 is 0. The van der Waals surface area contributed by atoms with Gasteiger partial charge in [-0.05, 0) is 49.5 Å². The number of Topliss-reactive ketones (excluding diaryl/α,β-unsaturated/α-hetero) is 1. The van der Waals surface area contributed by atoms with E-state index >= 15 is 0 Å². The average molecular weight is 236 g/mol. The Morgan fingerprint density at radius 1 is 1.38 bits per heavy atom. The summed E-state index contributed by atoms with van der Waals surface area (Å²) in [5, 5.41) is 2.02. The molecule has 0 atom stereocenters. The summed E-state index contributed by atoms with van der Waals surface area (Å²) in [4.78, 5) is 13.5. The van der Waals surface area contributed by atoms with Crippen LogP contribution in [0.4, 0.5) is 0 Å². The van der Waals surface area contributed by atoms with Crippen molar-refractivity contribution in [2.45, 2.75) is 46.5 Å². The third kappa shape index (κ3) is 2.37. The first-order valence-corrected chi connectivity index (χ1v) is 6.96. The maximum absolute atomic E-state index is 12.3. The van der Waals surface area contributed by atoms with Crippen LogP contribution >= 0.6 is 11.3 Å². The molecule has 16 heavy (non-hydrogen) atoms. The molecule has 0 amide bonds. The molecule has 1 aliphatic rings. The van der Waals surface area contributed by atoms with Gasteiger partial charge in [0.15, 0.2) is 5.78 Å². The molecule has 0 aliphatic heterocycles. The Morgan fingerprint density at radius 2 is 2.00 bits per heavy atom. The highest BCUT2D eigenvalue weighted by Crippen LogP contribution is 2.39. The smallest absolute Gasteiger partial charge is 0.167 e. The molecule has 0 spiro atoms. The van der Waals surface area contributed by atoms with Gasteiger partial charge in [-0.25, -0.2) is 0 Å². The van der Waals surface area contributed by atoms with Crippen molar-refractivity contribution in [1.29, 1.82) is 0 Å². The predicted octanol–water partition coefficient (Wildman–Crippen LogP) is 4.46. The third-order valence-electron chi connectivity index (χ3n) is 3.83. The summed E-state index contributed by atoms with van der Waals surface area (Å²) in [6.45, 7) is 6.66. The highest BCUT2D eigenvalue weighted by Gasteiger charge is 2.31. The predicted molar refractivity (Wildman–Crippen MR) is 69.1 cm³/mol. The fourth-order valence-electron chi connectivity index (χ4n) is 2.52. The van der Waals surface area contributed by atoms with Gasteiger partial charge >= 0.3 is 0 Å². The van der Waals surface area contributed by atoms with Gasteiger partial charge in [-0.2, -0.15) is 0 Å². The molecule has 88 valence electrons. The Balaban J connectivity index is 2.05. The van der Waals surface area contributed by atoms with E-state index in [0.717, 1.165) is 18.4 Å². The molecule has 2 rings (SSSR count). The van der Waals surface area contributed by atoms with Gasteiger partial charge in [0, 0.05) is 16.4 Å².